The first-order valence-corrected chi connectivity index (χ1v) is 9.22. The average molecular weight is 378 g/mol. The van der Waals surface area contributed by atoms with Crippen LogP contribution in [-0.4, -0.2) is 36.8 Å². The standard InChI is InChI=1S/C23H22O5/c1-15-3-4-17(16(2)11-15)5-6-18-7-10-21(23(13-24)27-18)28-19-8-9-20-22(12-19)26-14-25-20/h3-4,7-12,18,21,23-24H,13-14H2,1-2H3/t18-,21+,23-/m1/s1. The first kappa shape index (κ1) is 18.4. The van der Waals surface area contributed by atoms with Crippen molar-refractivity contribution in [2.24, 2.45) is 0 Å². The van der Waals surface area contributed by atoms with Gasteiger partial charge in [-0.3, -0.25) is 0 Å². The molecule has 2 aromatic rings. The van der Waals surface area contributed by atoms with Crippen LogP contribution in [0.1, 0.15) is 16.7 Å². The van der Waals surface area contributed by atoms with Gasteiger partial charge >= 0.3 is 0 Å². The second-order valence-electron chi connectivity index (χ2n) is 6.85. The molecule has 4 rings (SSSR count). The van der Waals surface area contributed by atoms with Gasteiger partial charge in [-0.15, -0.1) is 0 Å². The van der Waals surface area contributed by atoms with E-state index in [0.717, 1.165) is 11.1 Å². The van der Waals surface area contributed by atoms with Gasteiger partial charge in [-0.25, -0.2) is 0 Å². The fourth-order valence-electron chi connectivity index (χ4n) is 3.20. The molecule has 2 aliphatic rings. The zero-order valence-corrected chi connectivity index (χ0v) is 15.8. The maximum atomic E-state index is 9.74. The molecule has 5 nitrogen and oxygen atoms in total. The molecule has 0 amide bonds. The highest BCUT2D eigenvalue weighted by Gasteiger charge is 2.28. The first-order chi connectivity index (χ1) is 13.6. The molecule has 2 aliphatic heterocycles. The van der Waals surface area contributed by atoms with Gasteiger partial charge in [0.25, 0.3) is 0 Å². The summed E-state index contributed by atoms with van der Waals surface area (Å²) in [6.07, 6.45) is 2.43. The molecule has 0 radical (unpaired) electrons. The molecule has 0 saturated heterocycles. The van der Waals surface area contributed by atoms with Crippen LogP contribution < -0.4 is 14.2 Å². The highest BCUT2D eigenvalue weighted by molar-refractivity contribution is 5.47. The lowest BCUT2D eigenvalue weighted by Crippen LogP contribution is -2.40. The van der Waals surface area contributed by atoms with E-state index in [4.69, 9.17) is 18.9 Å². The van der Waals surface area contributed by atoms with E-state index < -0.39 is 18.3 Å². The molecule has 0 bridgehead atoms. The molecule has 0 unspecified atom stereocenters. The van der Waals surface area contributed by atoms with Crippen molar-refractivity contribution in [2.75, 3.05) is 13.4 Å². The molecular weight excluding hydrogens is 356 g/mol. The molecule has 144 valence electrons. The Morgan fingerprint density at radius 1 is 1.07 bits per heavy atom. The Balaban J connectivity index is 1.46. The lowest BCUT2D eigenvalue weighted by atomic mass is 10.1. The second kappa shape index (κ2) is 7.97. The van der Waals surface area contributed by atoms with Gasteiger partial charge in [0.2, 0.25) is 6.79 Å². The third kappa shape index (κ3) is 3.99. The number of rotatable bonds is 3. The Morgan fingerprint density at radius 3 is 2.75 bits per heavy atom. The van der Waals surface area contributed by atoms with E-state index in [9.17, 15) is 5.11 Å². The van der Waals surface area contributed by atoms with Crippen LogP contribution in [0.15, 0.2) is 48.6 Å². The number of aryl methyl sites for hydroxylation is 2. The first-order valence-electron chi connectivity index (χ1n) is 9.22. The van der Waals surface area contributed by atoms with E-state index in [-0.39, 0.29) is 13.4 Å². The van der Waals surface area contributed by atoms with Gasteiger partial charge in [0.1, 0.15) is 24.1 Å². The lowest BCUT2D eigenvalue weighted by Gasteiger charge is -2.29. The molecule has 28 heavy (non-hydrogen) atoms. The SMILES string of the molecule is Cc1ccc(C#C[C@@H]2C=C[C@H](Oc3ccc4c(c3)OCO4)[C@@H](CO)O2)c(C)c1. The molecule has 0 fully saturated rings. The average Bonchev–Trinajstić information content (AvgIpc) is 3.16. The van der Waals surface area contributed by atoms with Gasteiger partial charge in [-0.1, -0.05) is 29.5 Å². The highest BCUT2D eigenvalue weighted by Crippen LogP contribution is 2.35. The van der Waals surface area contributed by atoms with Crippen molar-refractivity contribution >= 4 is 0 Å². The fraction of sp³-hybridized carbons (Fsp3) is 0.304. The Morgan fingerprint density at radius 2 is 1.93 bits per heavy atom. The summed E-state index contributed by atoms with van der Waals surface area (Å²) in [6, 6.07) is 11.5. The quantitative estimate of drug-likeness (QED) is 0.657. The van der Waals surface area contributed by atoms with Crippen molar-refractivity contribution < 1.29 is 24.1 Å². The molecule has 2 heterocycles. The Kier molecular flexibility index (Phi) is 5.25. The van der Waals surface area contributed by atoms with Crippen LogP contribution in [0, 0.1) is 25.7 Å². The summed E-state index contributed by atoms with van der Waals surface area (Å²) in [5.74, 6) is 8.26. The lowest BCUT2D eigenvalue weighted by molar-refractivity contribution is -0.0549. The van der Waals surface area contributed by atoms with E-state index in [1.54, 1.807) is 12.1 Å². The molecule has 5 heteroatoms. The fourth-order valence-corrected chi connectivity index (χ4v) is 3.20. The zero-order valence-electron chi connectivity index (χ0n) is 15.8. The number of benzene rings is 2. The van der Waals surface area contributed by atoms with Gasteiger partial charge in [0.15, 0.2) is 11.5 Å². The molecule has 0 aromatic heterocycles. The summed E-state index contributed by atoms with van der Waals surface area (Å²) < 4.78 is 22.6. The number of aliphatic hydroxyl groups excluding tert-OH is 1. The van der Waals surface area contributed by atoms with Crippen molar-refractivity contribution in [1.82, 2.24) is 0 Å². The van der Waals surface area contributed by atoms with Gasteiger partial charge < -0.3 is 24.1 Å². The van der Waals surface area contributed by atoms with E-state index in [0.29, 0.717) is 17.2 Å². The van der Waals surface area contributed by atoms with Gasteiger partial charge in [-0.05, 0) is 49.8 Å². The predicted octanol–water partition coefficient (Wildman–Crippen LogP) is 3.15. The third-order valence-corrected chi connectivity index (χ3v) is 4.69. The van der Waals surface area contributed by atoms with Crippen LogP contribution >= 0.6 is 0 Å². The molecule has 0 aliphatic carbocycles. The number of ether oxygens (including phenoxy) is 4. The van der Waals surface area contributed by atoms with Crippen molar-refractivity contribution in [1.29, 1.82) is 0 Å². The summed E-state index contributed by atoms with van der Waals surface area (Å²) in [6.45, 7) is 4.15. The zero-order chi connectivity index (χ0) is 19.5. The molecular formula is C23H22O5. The maximum absolute atomic E-state index is 9.74. The van der Waals surface area contributed by atoms with Crippen LogP contribution in [0.4, 0.5) is 0 Å². The minimum atomic E-state index is -0.506. The molecule has 2 aromatic carbocycles. The van der Waals surface area contributed by atoms with E-state index in [1.165, 1.54) is 5.56 Å². The van der Waals surface area contributed by atoms with Gasteiger partial charge in [-0.2, -0.15) is 0 Å². The minimum absolute atomic E-state index is 0.165. The molecule has 0 spiro atoms. The van der Waals surface area contributed by atoms with Crippen molar-refractivity contribution in [3.05, 3.63) is 65.2 Å². The van der Waals surface area contributed by atoms with Crippen molar-refractivity contribution in [3.63, 3.8) is 0 Å². The van der Waals surface area contributed by atoms with Gasteiger partial charge in [0.05, 0.1) is 6.61 Å². The van der Waals surface area contributed by atoms with Crippen molar-refractivity contribution in [2.45, 2.75) is 32.2 Å². The smallest absolute Gasteiger partial charge is 0.231 e. The third-order valence-electron chi connectivity index (χ3n) is 4.69. The van der Waals surface area contributed by atoms with E-state index >= 15 is 0 Å². The number of aliphatic hydroxyl groups is 1. The van der Waals surface area contributed by atoms with Crippen LogP contribution in [0.5, 0.6) is 17.2 Å². The van der Waals surface area contributed by atoms with Gasteiger partial charge in [0, 0.05) is 11.6 Å². The normalized spacial score (nSPS) is 22.5. The molecule has 0 saturated carbocycles. The Bertz CT molecular complexity index is 953. The highest BCUT2D eigenvalue weighted by atomic mass is 16.7. The Hall–Kier alpha value is -2.94. The summed E-state index contributed by atoms with van der Waals surface area (Å²) in [7, 11) is 0. The van der Waals surface area contributed by atoms with Crippen LogP contribution in [0.2, 0.25) is 0 Å². The summed E-state index contributed by atoms with van der Waals surface area (Å²) in [5.41, 5.74) is 3.32. The van der Waals surface area contributed by atoms with E-state index in [1.807, 2.05) is 37.3 Å². The maximum Gasteiger partial charge on any atom is 0.231 e. The number of fused-ring (bicyclic) bond motifs is 1. The monoisotopic (exact) mass is 378 g/mol. The number of hydrogen-bond acceptors (Lipinski definition) is 5. The Labute approximate surface area is 164 Å². The predicted molar refractivity (Wildman–Crippen MR) is 105 cm³/mol. The second-order valence-corrected chi connectivity index (χ2v) is 6.85. The summed E-state index contributed by atoms with van der Waals surface area (Å²) in [5, 5.41) is 9.74. The van der Waals surface area contributed by atoms with Crippen molar-refractivity contribution in [3.8, 4) is 29.1 Å². The molecule has 3 atom stereocenters. The summed E-state index contributed by atoms with van der Waals surface area (Å²) in [4.78, 5) is 0. The molecule has 1 N–H and O–H groups in total. The largest absolute Gasteiger partial charge is 0.483 e. The summed E-state index contributed by atoms with van der Waals surface area (Å²) >= 11 is 0. The van der Waals surface area contributed by atoms with Crippen LogP contribution in [0.3, 0.4) is 0 Å². The van der Waals surface area contributed by atoms with Crippen LogP contribution in [0.25, 0.3) is 0 Å². The van der Waals surface area contributed by atoms with E-state index in [2.05, 4.69) is 24.8 Å². The topological polar surface area (TPSA) is 57.2 Å². The number of hydrogen-bond donors (Lipinski definition) is 1. The van der Waals surface area contributed by atoms with Crippen LogP contribution in [-0.2, 0) is 4.74 Å². The minimum Gasteiger partial charge on any atom is -0.483 e.